The topological polar surface area (TPSA) is 85.3 Å². The molecule has 1 fully saturated rings. The second kappa shape index (κ2) is 5.09. The van der Waals surface area contributed by atoms with Gasteiger partial charge in [-0.1, -0.05) is 6.07 Å². The lowest BCUT2D eigenvalue weighted by atomic mass is 10.3. The second-order valence-corrected chi connectivity index (χ2v) is 4.06. The van der Waals surface area contributed by atoms with Crippen LogP contribution in [0.3, 0.4) is 0 Å². The van der Waals surface area contributed by atoms with Gasteiger partial charge in [-0.25, -0.2) is 0 Å². The van der Waals surface area contributed by atoms with E-state index in [1.165, 1.54) is 0 Å². The minimum Gasteiger partial charge on any atom is -0.317 e. The fourth-order valence-corrected chi connectivity index (χ4v) is 1.51. The summed E-state index contributed by atoms with van der Waals surface area (Å²) in [5.74, 6) is 0.225. The van der Waals surface area contributed by atoms with E-state index in [1.807, 2.05) is 18.2 Å². The first-order valence-electron chi connectivity index (χ1n) is 5.09. The lowest BCUT2D eigenvalue weighted by molar-refractivity contribution is -0.118. The largest absolute Gasteiger partial charge is 0.317 e. The Balaban J connectivity index is 0.000000810. The Labute approximate surface area is 116 Å². The molecule has 1 aliphatic carbocycles. The average Bonchev–Trinajstić information content (AvgIpc) is 2.92. The fourth-order valence-electron chi connectivity index (χ4n) is 1.51. The molecule has 0 unspecified atom stereocenters. The SMILES string of the molecule is Cl.Cl.NC1(C(=O)Nc2nnc3ccccn23)CC1. The normalized spacial score (nSPS) is 15.4. The van der Waals surface area contributed by atoms with Gasteiger partial charge >= 0.3 is 0 Å². The van der Waals surface area contributed by atoms with Crippen LogP contribution < -0.4 is 11.1 Å². The maximum Gasteiger partial charge on any atom is 0.246 e. The molecule has 0 aromatic carbocycles. The molecule has 1 aliphatic rings. The van der Waals surface area contributed by atoms with Crippen LogP contribution in [0, 0.1) is 0 Å². The number of hydrogen-bond acceptors (Lipinski definition) is 4. The van der Waals surface area contributed by atoms with Crippen LogP contribution in [-0.4, -0.2) is 26.0 Å². The molecule has 1 amide bonds. The molecule has 0 radical (unpaired) electrons. The van der Waals surface area contributed by atoms with E-state index >= 15 is 0 Å². The van der Waals surface area contributed by atoms with E-state index in [-0.39, 0.29) is 30.7 Å². The highest BCUT2D eigenvalue weighted by Gasteiger charge is 2.46. The number of pyridine rings is 1. The summed E-state index contributed by atoms with van der Waals surface area (Å²) in [6, 6.07) is 5.53. The summed E-state index contributed by atoms with van der Waals surface area (Å²) < 4.78 is 1.71. The van der Waals surface area contributed by atoms with Gasteiger partial charge < -0.3 is 5.73 Å². The van der Waals surface area contributed by atoms with Crippen LogP contribution in [0.5, 0.6) is 0 Å². The van der Waals surface area contributed by atoms with Crippen molar-refractivity contribution in [2.45, 2.75) is 18.4 Å². The highest BCUT2D eigenvalue weighted by Crippen LogP contribution is 2.33. The number of halogens is 2. The number of carbonyl (C=O) groups excluding carboxylic acids is 1. The fraction of sp³-hybridized carbons (Fsp3) is 0.300. The van der Waals surface area contributed by atoms with Crippen molar-refractivity contribution in [3.63, 3.8) is 0 Å². The third-order valence-corrected chi connectivity index (χ3v) is 2.78. The van der Waals surface area contributed by atoms with Crippen molar-refractivity contribution in [1.29, 1.82) is 0 Å². The van der Waals surface area contributed by atoms with E-state index in [0.29, 0.717) is 11.6 Å². The summed E-state index contributed by atoms with van der Waals surface area (Å²) in [6.45, 7) is 0. The molecule has 0 spiro atoms. The molecule has 8 heteroatoms. The molecule has 0 aliphatic heterocycles. The van der Waals surface area contributed by atoms with Crippen molar-refractivity contribution in [2.75, 3.05) is 5.32 Å². The molecule has 0 atom stereocenters. The predicted molar refractivity (Wildman–Crippen MR) is 72.3 cm³/mol. The third-order valence-electron chi connectivity index (χ3n) is 2.78. The Morgan fingerprint density at radius 2 is 2.06 bits per heavy atom. The second-order valence-electron chi connectivity index (χ2n) is 4.06. The van der Waals surface area contributed by atoms with E-state index in [1.54, 1.807) is 10.6 Å². The number of hydrogen-bond donors (Lipinski definition) is 2. The summed E-state index contributed by atoms with van der Waals surface area (Å²) in [4.78, 5) is 11.7. The van der Waals surface area contributed by atoms with Gasteiger partial charge in [0.2, 0.25) is 11.9 Å². The highest BCUT2D eigenvalue weighted by molar-refractivity contribution is 5.99. The van der Waals surface area contributed by atoms with E-state index in [2.05, 4.69) is 15.5 Å². The summed E-state index contributed by atoms with van der Waals surface area (Å²) in [6.07, 6.45) is 3.26. The van der Waals surface area contributed by atoms with E-state index < -0.39 is 5.54 Å². The molecule has 98 valence electrons. The Morgan fingerprint density at radius 3 is 2.72 bits per heavy atom. The molecule has 0 bridgehead atoms. The summed E-state index contributed by atoms with van der Waals surface area (Å²) >= 11 is 0. The smallest absolute Gasteiger partial charge is 0.246 e. The number of nitrogens with two attached hydrogens (primary N) is 1. The quantitative estimate of drug-likeness (QED) is 0.864. The zero-order valence-corrected chi connectivity index (χ0v) is 11.0. The average molecular weight is 290 g/mol. The van der Waals surface area contributed by atoms with Crippen molar-refractivity contribution in [3.05, 3.63) is 24.4 Å². The Hall–Kier alpha value is -1.37. The van der Waals surface area contributed by atoms with Crippen molar-refractivity contribution < 1.29 is 4.79 Å². The molecule has 2 aromatic heterocycles. The summed E-state index contributed by atoms with van der Waals surface area (Å²) in [5.41, 5.74) is 5.78. The Bertz CT molecular complexity index is 566. The van der Waals surface area contributed by atoms with Gasteiger partial charge in [0, 0.05) is 6.20 Å². The van der Waals surface area contributed by atoms with Crippen LogP contribution in [0.25, 0.3) is 5.65 Å². The van der Waals surface area contributed by atoms with Crippen LogP contribution in [0.2, 0.25) is 0 Å². The summed E-state index contributed by atoms with van der Waals surface area (Å²) in [7, 11) is 0. The number of anilines is 1. The van der Waals surface area contributed by atoms with Crippen molar-refractivity contribution in [3.8, 4) is 0 Å². The Kier molecular flexibility index (Phi) is 4.16. The third kappa shape index (κ3) is 2.40. The molecule has 6 nitrogen and oxygen atoms in total. The van der Waals surface area contributed by atoms with Gasteiger partial charge in [0.1, 0.15) is 0 Å². The van der Waals surface area contributed by atoms with Gasteiger partial charge in [0.15, 0.2) is 5.65 Å². The Morgan fingerprint density at radius 1 is 1.33 bits per heavy atom. The molecule has 18 heavy (non-hydrogen) atoms. The molecule has 3 rings (SSSR count). The number of nitrogens with zero attached hydrogens (tertiary/aromatic N) is 3. The minimum absolute atomic E-state index is 0. The van der Waals surface area contributed by atoms with E-state index in [0.717, 1.165) is 12.8 Å². The monoisotopic (exact) mass is 289 g/mol. The first kappa shape index (κ1) is 14.7. The molecule has 2 aromatic rings. The number of fused-ring (bicyclic) bond motifs is 1. The maximum absolute atomic E-state index is 11.7. The lowest BCUT2D eigenvalue weighted by Gasteiger charge is -2.07. The molecular weight excluding hydrogens is 277 g/mol. The standard InChI is InChI=1S/C10H11N5O.2ClH/c11-10(4-5-10)8(16)12-9-14-13-7-3-1-2-6-15(7)9;;/h1-3,6H,4-5,11H2,(H,12,14,16);2*1H. The number of rotatable bonds is 2. The number of nitrogens with one attached hydrogen (secondary N) is 1. The van der Waals surface area contributed by atoms with Crippen LogP contribution in [0.1, 0.15) is 12.8 Å². The minimum atomic E-state index is -0.694. The van der Waals surface area contributed by atoms with Gasteiger partial charge in [-0.2, -0.15) is 0 Å². The van der Waals surface area contributed by atoms with Crippen LogP contribution in [0.15, 0.2) is 24.4 Å². The highest BCUT2D eigenvalue weighted by atomic mass is 35.5. The molecular formula is C10H13Cl2N5O. The molecule has 2 heterocycles. The first-order chi connectivity index (χ1) is 7.69. The van der Waals surface area contributed by atoms with Crippen molar-refractivity contribution in [2.24, 2.45) is 5.73 Å². The van der Waals surface area contributed by atoms with Crippen molar-refractivity contribution >= 4 is 42.3 Å². The molecule has 0 saturated heterocycles. The van der Waals surface area contributed by atoms with Gasteiger partial charge in [-0.05, 0) is 25.0 Å². The van der Waals surface area contributed by atoms with E-state index in [4.69, 9.17) is 5.73 Å². The predicted octanol–water partition coefficient (Wildman–Crippen LogP) is 1.00. The van der Waals surface area contributed by atoms with Crippen molar-refractivity contribution in [1.82, 2.24) is 14.6 Å². The van der Waals surface area contributed by atoms with Gasteiger partial charge in [-0.3, -0.25) is 14.5 Å². The zero-order chi connectivity index (χ0) is 11.2. The first-order valence-corrected chi connectivity index (χ1v) is 5.09. The van der Waals surface area contributed by atoms with Gasteiger partial charge in [-0.15, -0.1) is 35.0 Å². The molecule has 1 saturated carbocycles. The van der Waals surface area contributed by atoms with Crippen LogP contribution in [-0.2, 0) is 4.79 Å². The number of amides is 1. The van der Waals surface area contributed by atoms with Crippen LogP contribution in [0.4, 0.5) is 5.95 Å². The number of aromatic nitrogens is 3. The summed E-state index contributed by atoms with van der Waals surface area (Å²) in [5, 5.41) is 10.5. The lowest BCUT2D eigenvalue weighted by Crippen LogP contribution is -2.38. The van der Waals surface area contributed by atoms with Gasteiger partial charge in [0.25, 0.3) is 0 Å². The number of carbonyl (C=O) groups is 1. The zero-order valence-electron chi connectivity index (χ0n) is 9.37. The van der Waals surface area contributed by atoms with Gasteiger partial charge in [0.05, 0.1) is 5.54 Å². The van der Waals surface area contributed by atoms with Crippen LogP contribution >= 0.6 is 24.8 Å². The maximum atomic E-state index is 11.7. The van der Waals surface area contributed by atoms with E-state index in [9.17, 15) is 4.79 Å². The molecule has 3 N–H and O–H groups in total.